The van der Waals surface area contributed by atoms with Crippen LogP contribution >= 0.6 is 11.3 Å². The van der Waals surface area contributed by atoms with E-state index in [2.05, 4.69) is 5.32 Å². The minimum absolute atomic E-state index is 0.283. The molecule has 1 aromatic carbocycles. The van der Waals surface area contributed by atoms with Gasteiger partial charge in [-0.2, -0.15) is 0 Å². The quantitative estimate of drug-likeness (QED) is 0.512. The Morgan fingerprint density at radius 3 is 2.48 bits per heavy atom. The van der Waals surface area contributed by atoms with Crippen molar-refractivity contribution in [3.8, 4) is 11.1 Å². The molecule has 7 heteroatoms. The van der Waals surface area contributed by atoms with E-state index in [4.69, 9.17) is 4.74 Å². The number of esters is 1. The minimum atomic E-state index is -0.992. The first-order chi connectivity index (χ1) is 14.0. The van der Waals surface area contributed by atoms with Crippen LogP contribution in [0.25, 0.3) is 11.1 Å². The maximum absolute atomic E-state index is 12.9. The number of nitrogens with one attached hydrogen (secondary N) is 1. The molecule has 1 aromatic heterocycles. The van der Waals surface area contributed by atoms with Crippen molar-refractivity contribution in [1.82, 2.24) is 0 Å². The number of carboxylic acid groups (broad SMARTS) is 1. The van der Waals surface area contributed by atoms with E-state index < -0.39 is 29.7 Å². The van der Waals surface area contributed by atoms with Crippen LogP contribution in [0.1, 0.15) is 36.5 Å². The average molecular weight is 413 g/mol. The van der Waals surface area contributed by atoms with Gasteiger partial charge in [0.15, 0.2) is 0 Å². The van der Waals surface area contributed by atoms with E-state index in [0.29, 0.717) is 35.4 Å². The van der Waals surface area contributed by atoms with Gasteiger partial charge in [0.25, 0.3) is 0 Å². The zero-order valence-electron chi connectivity index (χ0n) is 16.1. The number of carbonyl (C=O) groups excluding carboxylic acids is 2. The van der Waals surface area contributed by atoms with Gasteiger partial charge in [-0.05, 0) is 24.8 Å². The maximum atomic E-state index is 12.9. The first-order valence-electron chi connectivity index (χ1n) is 9.55. The summed E-state index contributed by atoms with van der Waals surface area (Å²) in [6.45, 7) is 2.19. The third-order valence-electron chi connectivity index (χ3n) is 4.84. The van der Waals surface area contributed by atoms with E-state index in [9.17, 15) is 19.5 Å². The lowest BCUT2D eigenvalue weighted by atomic mass is 9.82. The van der Waals surface area contributed by atoms with Crippen molar-refractivity contribution in [1.29, 1.82) is 0 Å². The van der Waals surface area contributed by atoms with E-state index in [1.54, 1.807) is 6.08 Å². The van der Waals surface area contributed by atoms with Gasteiger partial charge in [0.2, 0.25) is 5.91 Å². The summed E-state index contributed by atoms with van der Waals surface area (Å²) in [5, 5.41) is 14.4. The van der Waals surface area contributed by atoms with Crippen LogP contribution in [0.2, 0.25) is 0 Å². The summed E-state index contributed by atoms with van der Waals surface area (Å²) >= 11 is 1.24. The number of ether oxygens (including phenoxy) is 1. The molecule has 1 amide bonds. The number of aliphatic carboxylic acids is 1. The minimum Gasteiger partial charge on any atom is -0.481 e. The largest absolute Gasteiger partial charge is 0.481 e. The summed E-state index contributed by atoms with van der Waals surface area (Å²) in [7, 11) is 0. The highest BCUT2D eigenvalue weighted by Gasteiger charge is 2.35. The molecule has 2 aromatic rings. The zero-order chi connectivity index (χ0) is 20.8. The summed E-state index contributed by atoms with van der Waals surface area (Å²) in [4.78, 5) is 37.1. The Kier molecular flexibility index (Phi) is 6.82. The van der Waals surface area contributed by atoms with Gasteiger partial charge < -0.3 is 15.2 Å². The fourth-order valence-corrected chi connectivity index (χ4v) is 4.29. The number of hydrogen-bond acceptors (Lipinski definition) is 5. The number of benzene rings is 1. The van der Waals surface area contributed by atoms with Gasteiger partial charge in [0, 0.05) is 10.9 Å². The fourth-order valence-electron chi connectivity index (χ4n) is 3.33. The predicted octanol–water partition coefficient (Wildman–Crippen LogP) is 4.59. The molecule has 29 heavy (non-hydrogen) atoms. The summed E-state index contributed by atoms with van der Waals surface area (Å²) < 4.78 is 5.34. The van der Waals surface area contributed by atoms with Crippen LogP contribution in [-0.4, -0.2) is 29.6 Å². The van der Waals surface area contributed by atoms with E-state index >= 15 is 0 Å². The number of allylic oxidation sites excluding steroid dienone is 2. The summed E-state index contributed by atoms with van der Waals surface area (Å²) in [6.07, 6.45) is 4.97. The Bertz CT molecular complexity index is 919. The molecule has 3 rings (SSSR count). The third kappa shape index (κ3) is 4.74. The van der Waals surface area contributed by atoms with Crippen molar-refractivity contribution in [3.63, 3.8) is 0 Å². The Hall–Kier alpha value is -2.93. The van der Waals surface area contributed by atoms with Crippen molar-refractivity contribution in [2.24, 2.45) is 11.8 Å². The molecule has 0 fully saturated rings. The van der Waals surface area contributed by atoms with Crippen molar-refractivity contribution in [2.75, 3.05) is 11.9 Å². The Labute approximate surface area is 173 Å². The van der Waals surface area contributed by atoms with Crippen molar-refractivity contribution >= 4 is 34.2 Å². The number of rotatable bonds is 7. The summed E-state index contributed by atoms with van der Waals surface area (Å²) in [5.41, 5.74) is 1.84. The second kappa shape index (κ2) is 9.52. The monoisotopic (exact) mass is 413 g/mol. The van der Waals surface area contributed by atoms with E-state index in [-0.39, 0.29) is 6.61 Å². The molecule has 0 bridgehead atoms. The molecule has 0 unspecified atom stereocenters. The van der Waals surface area contributed by atoms with E-state index in [0.717, 1.165) is 5.56 Å². The molecule has 0 spiro atoms. The lowest BCUT2D eigenvalue weighted by Gasteiger charge is -2.24. The maximum Gasteiger partial charge on any atom is 0.341 e. The molecule has 6 nitrogen and oxygen atoms in total. The van der Waals surface area contributed by atoms with Crippen molar-refractivity contribution in [3.05, 3.63) is 53.4 Å². The summed E-state index contributed by atoms with van der Waals surface area (Å²) in [6, 6.07) is 9.40. The van der Waals surface area contributed by atoms with Gasteiger partial charge in [-0.3, -0.25) is 9.59 Å². The van der Waals surface area contributed by atoms with Crippen LogP contribution in [0, 0.1) is 11.8 Å². The number of hydrogen-bond donors (Lipinski definition) is 2. The number of amides is 1. The molecule has 0 aliphatic heterocycles. The smallest absolute Gasteiger partial charge is 0.341 e. The van der Waals surface area contributed by atoms with Crippen LogP contribution in [0.15, 0.2) is 47.9 Å². The highest BCUT2D eigenvalue weighted by Crippen LogP contribution is 2.37. The SMILES string of the molecule is CCCOC(=O)c1c(-c2ccccc2)csc1NC(=O)[C@@H]1CC=CC[C@@H]1C(=O)O. The molecule has 2 atom stereocenters. The van der Waals surface area contributed by atoms with Crippen LogP contribution in [-0.2, 0) is 14.3 Å². The lowest BCUT2D eigenvalue weighted by Crippen LogP contribution is -2.34. The molecule has 0 saturated carbocycles. The highest BCUT2D eigenvalue weighted by molar-refractivity contribution is 7.15. The molecule has 0 saturated heterocycles. The standard InChI is InChI=1S/C22H23NO5S/c1-2-12-28-22(27)18-17(14-8-4-3-5-9-14)13-29-20(18)23-19(24)15-10-6-7-11-16(15)21(25)26/h3-9,13,15-16H,2,10-12H2,1H3,(H,23,24)(H,25,26)/t15-,16+/m1/s1. The second-order valence-corrected chi connectivity index (χ2v) is 7.72. The third-order valence-corrected chi connectivity index (χ3v) is 5.74. The van der Waals surface area contributed by atoms with Gasteiger partial charge in [-0.1, -0.05) is 49.4 Å². The normalized spacial score (nSPS) is 18.2. The van der Waals surface area contributed by atoms with Crippen LogP contribution in [0.4, 0.5) is 5.00 Å². The van der Waals surface area contributed by atoms with Crippen LogP contribution in [0.5, 0.6) is 0 Å². The first kappa shape index (κ1) is 20.8. The van der Waals surface area contributed by atoms with Gasteiger partial charge in [0.05, 0.1) is 18.4 Å². The number of thiophene rings is 1. The fraction of sp³-hybridized carbons (Fsp3) is 0.318. The van der Waals surface area contributed by atoms with E-state index in [1.807, 2.05) is 48.7 Å². The van der Waals surface area contributed by atoms with E-state index in [1.165, 1.54) is 11.3 Å². The summed E-state index contributed by atoms with van der Waals surface area (Å²) in [5.74, 6) is -3.34. The van der Waals surface area contributed by atoms with Crippen molar-refractivity contribution in [2.45, 2.75) is 26.2 Å². The Morgan fingerprint density at radius 2 is 1.83 bits per heavy atom. The van der Waals surface area contributed by atoms with Crippen LogP contribution in [0.3, 0.4) is 0 Å². The Balaban J connectivity index is 1.91. The molecular weight excluding hydrogens is 390 g/mol. The molecule has 1 heterocycles. The molecule has 1 aliphatic carbocycles. The molecule has 1 aliphatic rings. The number of carbonyl (C=O) groups is 3. The number of carboxylic acids is 1. The van der Waals surface area contributed by atoms with Crippen molar-refractivity contribution < 1.29 is 24.2 Å². The lowest BCUT2D eigenvalue weighted by molar-refractivity contribution is -0.146. The van der Waals surface area contributed by atoms with Gasteiger partial charge >= 0.3 is 11.9 Å². The number of anilines is 1. The van der Waals surface area contributed by atoms with Crippen LogP contribution < -0.4 is 5.32 Å². The Morgan fingerprint density at radius 1 is 1.14 bits per heavy atom. The second-order valence-electron chi connectivity index (χ2n) is 6.84. The predicted molar refractivity (Wildman–Crippen MR) is 112 cm³/mol. The molecular formula is C22H23NO5S. The zero-order valence-corrected chi connectivity index (χ0v) is 16.9. The molecule has 152 valence electrons. The average Bonchev–Trinajstić information content (AvgIpc) is 3.16. The van der Waals surface area contributed by atoms with Gasteiger partial charge in [-0.15, -0.1) is 11.3 Å². The topological polar surface area (TPSA) is 92.7 Å². The molecule has 2 N–H and O–H groups in total. The van der Waals surface area contributed by atoms with Gasteiger partial charge in [-0.25, -0.2) is 4.79 Å². The highest BCUT2D eigenvalue weighted by atomic mass is 32.1. The molecule has 0 radical (unpaired) electrons. The van der Waals surface area contributed by atoms with Gasteiger partial charge in [0.1, 0.15) is 10.6 Å². The first-order valence-corrected chi connectivity index (χ1v) is 10.4.